The zero-order chi connectivity index (χ0) is 24.2. The molecule has 0 aliphatic carbocycles. The van der Waals surface area contributed by atoms with Gasteiger partial charge in [0.1, 0.15) is 11.8 Å². The van der Waals surface area contributed by atoms with Crippen LogP contribution in [0.5, 0.6) is 5.75 Å². The lowest BCUT2D eigenvalue weighted by Gasteiger charge is -2.23. The number of thiophene rings is 1. The summed E-state index contributed by atoms with van der Waals surface area (Å²) in [4.78, 5) is 32.7. The molecular weight excluding hydrogens is 468 g/mol. The van der Waals surface area contributed by atoms with Crippen LogP contribution in [-0.4, -0.2) is 23.8 Å². The molecule has 34 heavy (non-hydrogen) atoms. The van der Waals surface area contributed by atoms with Gasteiger partial charge in [0, 0.05) is 4.88 Å². The van der Waals surface area contributed by atoms with Crippen LogP contribution in [-0.2, 0) is 9.53 Å². The molecule has 0 saturated heterocycles. The summed E-state index contributed by atoms with van der Waals surface area (Å²) in [6.45, 7) is 8.83. The first-order valence-corrected chi connectivity index (χ1v) is 13.0. The number of thiazole rings is 1. The van der Waals surface area contributed by atoms with E-state index in [1.165, 1.54) is 22.7 Å². The average molecular weight is 497 g/mol. The first kappa shape index (κ1) is 24.2. The van der Waals surface area contributed by atoms with Crippen LogP contribution in [0.15, 0.2) is 62.8 Å². The lowest BCUT2D eigenvalue weighted by Crippen LogP contribution is -2.39. The van der Waals surface area contributed by atoms with Crippen molar-refractivity contribution in [3.05, 3.63) is 83.2 Å². The smallest absolute Gasteiger partial charge is 0.338 e. The van der Waals surface area contributed by atoms with Crippen molar-refractivity contribution in [2.45, 2.75) is 40.2 Å². The lowest BCUT2D eigenvalue weighted by molar-refractivity contribution is -0.140. The highest BCUT2D eigenvalue weighted by Gasteiger charge is 2.34. The number of carbonyl (C=O) groups excluding carboxylic acids is 1. The fourth-order valence-electron chi connectivity index (χ4n) is 3.65. The molecule has 1 atom stereocenters. The van der Waals surface area contributed by atoms with E-state index in [1.54, 1.807) is 11.5 Å². The van der Waals surface area contributed by atoms with Crippen molar-refractivity contribution >= 4 is 34.7 Å². The SMILES string of the molecule is CCCOc1ccc(C=c2sc3n(c2=O)C(c2cccs2)C(C(=O)OCC(C)C)=C(C)N=3)cc1. The van der Waals surface area contributed by atoms with E-state index in [9.17, 15) is 9.59 Å². The molecule has 2 aromatic heterocycles. The predicted octanol–water partition coefficient (Wildman–Crippen LogP) is 4.28. The molecule has 0 saturated carbocycles. The monoisotopic (exact) mass is 496 g/mol. The molecule has 8 heteroatoms. The zero-order valence-electron chi connectivity index (χ0n) is 19.7. The van der Waals surface area contributed by atoms with E-state index in [1.807, 2.05) is 61.7 Å². The molecule has 0 bridgehead atoms. The molecule has 1 unspecified atom stereocenters. The number of fused-ring (bicyclic) bond motifs is 1. The normalized spacial score (nSPS) is 15.9. The van der Waals surface area contributed by atoms with Gasteiger partial charge in [-0.3, -0.25) is 9.36 Å². The van der Waals surface area contributed by atoms with E-state index in [4.69, 9.17) is 9.47 Å². The predicted molar refractivity (Wildman–Crippen MR) is 136 cm³/mol. The third-order valence-electron chi connectivity index (χ3n) is 5.25. The minimum atomic E-state index is -0.553. The van der Waals surface area contributed by atoms with Gasteiger partial charge >= 0.3 is 5.97 Å². The van der Waals surface area contributed by atoms with Gasteiger partial charge in [-0.15, -0.1) is 11.3 Å². The second-order valence-corrected chi connectivity index (χ2v) is 10.5. The van der Waals surface area contributed by atoms with E-state index >= 15 is 0 Å². The van der Waals surface area contributed by atoms with Crippen LogP contribution in [0.1, 0.15) is 50.6 Å². The van der Waals surface area contributed by atoms with E-state index in [-0.39, 0.29) is 11.5 Å². The fraction of sp³-hybridized carbons (Fsp3) is 0.346. The summed E-state index contributed by atoms with van der Waals surface area (Å²) in [5.41, 5.74) is 1.72. The number of benzene rings is 1. The molecule has 0 N–H and O–H groups in total. The van der Waals surface area contributed by atoms with Gasteiger partial charge in [0.25, 0.3) is 5.56 Å². The minimum absolute atomic E-state index is 0.171. The Kier molecular flexibility index (Phi) is 7.48. The molecule has 0 radical (unpaired) electrons. The van der Waals surface area contributed by atoms with Crippen molar-refractivity contribution in [1.29, 1.82) is 0 Å². The molecule has 0 spiro atoms. The highest BCUT2D eigenvalue weighted by molar-refractivity contribution is 7.10. The van der Waals surface area contributed by atoms with Gasteiger partial charge in [0.15, 0.2) is 4.80 Å². The Morgan fingerprint density at radius 2 is 2.00 bits per heavy atom. The summed E-state index contributed by atoms with van der Waals surface area (Å²) in [6.07, 6.45) is 2.80. The summed E-state index contributed by atoms with van der Waals surface area (Å²) in [6, 6.07) is 11.0. The number of rotatable bonds is 8. The van der Waals surface area contributed by atoms with Crippen LogP contribution in [0.4, 0.5) is 0 Å². The first-order valence-electron chi connectivity index (χ1n) is 11.3. The molecular formula is C26H28N2O4S2. The quantitative estimate of drug-likeness (QED) is 0.437. The van der Waals surface area contributed by atoms with Crippen LogP contribution in [0.25, 0.3) is 6.08 Å². The van der Waals surface area contributed by atoms with E-state index < -0.39 is 12.0 Å². The van der Waals surface area contributed by atoms with Crippen LogP contribution in [0.3, 0.4) is 0 Å². The van der Waals surface area contributed by atoms with Gasteiger partial charge in [-0.25, -0.2) is 9.79 Å². The summed E-state index contributed by atoms with van der Waals surface area (Å²) in [5.74, 6) is 0.591. The molecule has 1 aliphatic rings. The van der Waals surface area contributed by atoms with Gasteiger partial charge in [-0.05, 0) is 54.5 Å². The standard InChI is InChI=1S/C26H28N2O4S2/c1-5-12-31-19-10-8-18(9-11-19)14-21-24(29)28-23(20-7-6-13-33-20)22(17(4)27-26(28)34-21)25(30)32-15-16(2)3/h6-11,13-14,16,23H,5,12,15H2,1-4H3. The van der Waals surface area contributed by atoms with E-state index in [2.05, 4.69) is 11.9 Å². The highest BCUT2D eigenvalue weighted by atomic mass is 32.1. The molecule has 1 aromatic carbocycles. The third kappa shape index (κ3) is 5.08. The topological polar surface area (TPSA) is 69.9 Å². The van der Waals surface area contributed by atoms with Crippen molar-refractivity contribution in [2.24, 2.45) is 10.9 Å². The number of esters is 1. The number of hydrogen-bond donors (Lipinski definition) is 0. The summed E-state index contributed by atoms with van der Waals surface area (Å²) in [7, 11) is 0. The molecule has 4 rings (SSSR count). The maximum Gasteiger partial charge on any atom is 0.338 e. The average Bonchev–Trinajstić information content (AvgIpc) is 3.45. The number of allylic oxidation sites excluding steroid dienone is 1. The van der Waals surface area contributed by atoms with Crippen LogP contribution >= 0.6 is 22.7 Å². The van der Waals surface area contributed by atoms with Crippen LogP contribution in [0, 0.1) is 5.92 Å². The molecule has 1 aliphatic heterocycles. The second kappa shape index (κ2) is 10.5. The molecule has 3 heterocycles. The van der Waals surface area contributed by atoms with E-state index in [0.717, 1.165) is 22.6 Å². The Labute approximate surface area is 206 Å². The van der Waals surface area contributed by atoms with Crippen molar-refractivity contribution in [2.75, 3.05) is 13.2 Å². The molecule has 178 valence electrons. The first-order chi connectivity index (χ1) is 16.4. The lowest BCUT2D eigenvalue weighted by atomic mass is 10.0. The number of nitrogens with zero attached hydrogens (tertiary/aromatic N) is 2. The Hall–Kier alpha value is -2.97. The molecule has 6 nitrogen and oxygen atoms in total. The zero-order valence-corrected chi connectivity index (χ0v) is 21.4. The molecule has 0 amide bonds. The van der Waals surface area contributed by atoms with Gasteiger partial charge in [-0.2, -0.15) is 0 Å². The minimum Gasteiger partial charge on any atom is -0.494 e. The van der Waals surface area contributed by atoms with Gasteiger partial charge < -0.3 is 9.47 Å². The van der Waals surface area contributed by atoms with Gasteiger partial charge in [0.05, 0.1) is 29.0 Å². The van der Waals surface area contributed by atoms with Gasteiger partial charge in [-0.1, -0.05) is 50.3 Å². The van der Waals surface area contributed by atoms with Crippen molar-refractivity contribution in [3.8, 4) is 5.75 Å². The number of hydrogen-bond acceptors (Lipinski definition) is 7. The van der Waals surface area contributed by atoms with E-state index in [0.29, 0.717) is 33.8 Å². The molecule has 3 aromatic rings. The third-order valence-corrected chi connectivity index (χ3v) is 7.16. The summed E-state index contributed by atoms with van der Waals surface area (Å²) >= 11 is 2.83. The van der Waals surface area contributed by atoms with Crippen LogP contribution < -0.4 is 19.6 Å². The van der Waals surface area contributed by atoms with Crippen molar-refractivity contribution in [3.63, 3.8) is 0 Å². The van der Waals surface area contributed by atoms with Gasteiger partial charge in [0.2, 0.25) is 0 Å². The Bertz CT molecular complexity index is 1360. The maximum atomic E-state index is 13.6. The van der Waals surface area contributed by atoms with Crippen molar-refractivity contribution < 1.29 is 14.3 Å². The second-order valence-electron chi connectivity index (χ2n) is 8.51. The Morgan fingerprint density at radius 3 is 2.65 bits per heavy atom. The van der Waals surface area contributed by atoms with Crippen molar-refractivity contribution in [1.82, 2.24) is 4.57 Å². The summed E-state index contributed by atoms with van der Waals surface area (Å²) < 4.78 is 13.4. The Morgan fingerprint density at radius 1 is 1.24 bits per heavy atom. The fourth-order valence-corrected chi connectivity index (χ4v) is 5.52. The summed E-state index contributed by atoms with van der Waals surface area (Å²) in [5, 5.41) is 1.94. The largest absolute Gasteiger partial charge is 0.494 e. The van der Waals surface area contributed by atoms with Crippen LogP contribution in [0.2, 0.25) is 0 Å². The molecule has 0 fully saturated rings. The number of ether oxygens (including phenoxy) is 2. The highest BCUT2D eigenvalue weighted by Crippen LogP contribution is 2.33. The number of carbonyl (C=O) groups is 1. The maximum absolute atomic E-state index is 13.6. The number of aromatic nitrogens is 1. The Balaban J connectivity index is 1.77.